The van der Waals surface area contributed by atoms with Gasteiger partial charge >= 0.3 is 0 Å². The van der Waals surface area contributed by atoms with Crippen molar-refractivity contribution in [2.45, 2.75) is 19.9 Å². The van der Waals surface area contributed by atoms with Gasteiger partial charge in [-0.15, -0.1) is 0 Å². The van der Waals surface area contributed by atoms with Crippen LogP contribution in [-0.2, 0) is 0 Å². The van der Waals surface area contributed by atoms with E-state index >= 15 is 0 Å². The summed E-state index contributed by atoms with van der Waals surface area (Å²) in [5.41, 5.74) is 11.1. The van der Waals surface area contributed by atoms with Crippen LogP contribution in [0.1, 0.15) is 24.2 Å². The smallest absolute Gasteiger partial charge is 0.248 e. The first kappa shape index (κ1) is 13.4. The molecule has 5 N–H and O–H groups in total. The van der Waals surface area contributed by atoms with E-state index < -0.39 is 11.7 Å². The molecule has 94 valence electrons. The van der Waals surface area contributed by atoms with Crippen molar-refractivity contribution in [2.75, 3.05) is 11.9 Å². The van der Waals surface area contributed by atoms with Crippen LogP contribution in [0.5, 0.6) is 0 Å². The number of hydrogen-bond donors (Lipinski definition) is 3. The second kappa shape index (κ2) is 5.63. The number of nitrogens with one attached hydrogen (secondary N) is 1. The predicted octanol–water partition coefficient (Wildman–Crippen LogP) is 1.32. The molecular weight excluding hydrogens is 221 g/mol. The van der Waals surface area contributed by atoms with Crippen LogP contribution in [0.3, 0.4) is 0 Å². The summed E-state index contributed by atoms with van der Waals surface area (Å²) in [4.78, 5) is 10.9. The fourth-order valence-corrected chi connectivity index (χ4v) is 1.48. The Morgan fingerprint density at radius 3 is 2.53 bits per heavy atom. The van der Waals surface area contributed by atoms with Crippen LogP contribution in [0.25, 0.3) is 0 Å². The number of nitrogens with two attached hydrogens (primary N) is 2. The maximum absolute atomic E-state index is 13.7. The molecule has 1 aromatic carbocycles. The van der Waals surface area contributed by atoms with Crippen molar-refractivity contribution in [3.8, 4) is 0 Å². The topological polar surface area (TPSA) is 81.1 Å². The van der Waals surface area contributed by atoms with Crippen molar-refractivity contribution in [3.63, 3.8) is 0 Å². The lowest BCUT2D eigenvalue weighted by Gasteiger charge is -2.22. The fraction of sp³-hybridized carbons (Fsp3) is 0.417. The number of benzene rings is 1. The third-order valence-corrected chi connectivity index (χ3v) is 2.65. The highest BCUT2D eigenvalue weighted by molar-refractivity contribution is 5.93. The van der Waals surface area contributed by atoms with Crippen LogP contribution in [-0.4, -0.2) is 18.5 Å². The van der Waals surface area contributed by atoms with Gasteiger partial charge in [-0.2, -0.15) is 0 Å². The maximum Gasteiger partial charge on any atom is 0.248 e. The third kappa shape index (κ3) is 3.42. The van der Waals surface area contributed by atoms with Gasteiger partial charge in [-0.1, -0.05) is 13.8 Å². The molecule has 1 amide bonds. The molecular formula is C12H18FN3O. The molecule has 0 bridgehead atoms. The molecule has 1 unspecified atom stereocenters. The van der Waals surface area contributed by atoms with Gasteiger partial charge in [-0.3, -0.25) is 4.79 Å². The average molecular weight is 239 g/mol. The summed E-state index contributed by atoms with van der Waals surface area (Å²) in [6.45, 7) is 4.41. The molecule has 0 heterocycles. The maximum atomic E-state index is 13.7. The second-order valence-electron chi connectivity index (χ2n) is 4.29. The van der Waals surface area contributed by atoms with Crippen molar-refractivity contribution in [2.24, 2.45) is 17.4 Å². The Balaban J connectivity index is 2.89. The lowest BCUT2D eigenvalue weighted by Crippen LogP contribution is -2.34. The molecule has 17 heavy (non-hydrogen) atoms. The number of halogens is 1. The van der Waals surface area contributed by atoms with Gasteiger partial charge < -0.3 is 16.8 Å². The number of anilines is 1. The monoisotopic (exact) mass is 239 g/mol. The Labute approximate surface area is 100 Å². The molecule has 0 fully saturated rings. The van der Waals surface area contributed by atoms with Gasteiger partial charge in [-0.05, 0) is 24.1 Å². The number of carbonyl (C=O) groups excluding carboxylic acids is 1. The van der Waals surface area contributed by atoms with Crippen molar-refractivity contribution in [1.29, 1.82) is 0 Å². The van der Waals surface area contributed by atoms with Gasteiger partial charge in [0.25, 0.3) is 0 Å². The Kier molecular flexibility index (Phi) is 4.45. The molecule has 0 saturated carbocycles. The number of amides is 1. The average Bonchev–Trinajstić information content (AvgIpc) is 2.26. The van der Waals surface area contributed by atoms with Gasteiger partial charge in [0, 0.05) is 18.2 Å². The molecule has 1 rings (SSSR count). The van der Waals surface area contributed by atoms with E-state index in [-0.39, 0.29) is 17.5 Å². The Bertz CT molecular complexity index is 407. The van der Waals surface area contributed by atoms with E-state index in [1.807, 2.05) is 13.8 Å². The molecule has 1 aromatic rings. The normalized spacial score (nSPS) is 12.5. The highest BCUT2D eigenvalue weighted by Gasteiger charge is 2.14. The highest BCUT2D eigenvalue weighted by Crippen LogP contribution is 2.18. The first-order chi connectivity index (χ1) is 7.95. The molecule has 0 aromatic heterocycles. The Morgan fingerprint density at radius 1 is 1.47 bits per heavy atom. The van der Waals surface area contributed by atoms with Crippen molar-refractivity contribution in [3.05, 3.63) is 29.6 Å². The lowest BCUT2D eigenvalue weighted by atomic mass is 10.0. The lowest BCUT2D eigenvalue weighted by molar-refractivity contribution is 0.1000. The van der Waals surface area contributed by atoms with Gasteiger partial charge in [0.15, 0.2) is 0 Å². The van der Waals surface area contributed by atoms with E-state index in [0.717, 1.165) is 6.07 Å². The standard InChI is InChI=1S/C12H18FN3O/c1-7(2)11(6-14)16-10-4-3-8(12(15)17)5-9(10)13/h3-5,7,11,16H,6,14H2,1-2H3,(H2,15,17). The zero-order valence-corrected chi connectivity index (χ0v) is 10.0. The third-order valence-electron chi connectivity index (χ3n) is 2.65. The Morgan fingerprint density at radius 2 is 2.12 bits per heavy atom. The van der Waals surface area contributed by atoms with E-state index in [1.54, 1.807) is 0 Å². The zero-order valence-electron chi connectivity index (χ0n) is 10.0. The highest BCUT2D eigenvalue weighted by atomic mass is 19.1. The number of carbonyl (C=O) groups is 1. The van der Waals surface area contributed by atoms with Crippen molar-refractivity contribution < 1.29 is 9.18 Å². The van der Waals surface area contributed by atoms with E-state index in [0.29, 0.717) is 12.2 Å². The fourth-order valence-electron chi connectivity index (χ4n) is 1.48. The molecule has 5 heteroatoms. The van der Waals surface area contributed by atoms with Gasteiger partial charge in [0.05, 0.1) is 5.69 Å². The number of rotatable bonds is 5. The first-order valence-corrected chi connectivity index (χ1v) is 5.51. The van der Waals surface area contributed by atoms with E-state index in [9.17, 15) is 9.18 Å². The van der Waals surface area contributed by atoms with Crippen molar-refractivity contribution >= 4 is 11.6 Å². The van der Waals surface area contributed by atoms with Crippen LogP contribution in [0, 0.1) is 11.7 Å². The van der Waals surface area contributed by atoms with E-state index in [2.05, 4.69) is 5.32 Å². The summed E-state index contributed by atoms with van der Waals surface area (Å²) < 4.78 is 13.7. The molecule has 0 spiro atoms. The summed E-state index contributed by atoms with van der Waals surface area (Å²) in [7, 11) is 0. The van der Waals surface area contributed by atoms with Crippen LogP contribution in [0.2, 0.25) is 0 Å². The van der Waals surface area contributed by atoms with Crippen LogP contribution >= 0.6 is 0 Å². The van der Waals surface area contributed by atoms with E-state index in [4.69, 9.17) is 11.5 Å². The minimum Gasteiger partial charge on any atom is -0.378 e. The summed E-state index contributed by atoms with van der Waals surface area (Å²) >= 11 is 0. The number of primary amides is 1. The quantitative estimate of drug-likeness (QED) is 0.724. The summed E-state index contributed by atoms with van der Waals surface area (Å²) in [6.07, 6.45) is 0. The summed E-state index contributed by atoms with van der Waals surface area (Å²) in [6, 6.07) is 4.10. The molecule has 4 nitrogen and oxygen atoms in total. The first-order valence-electron chi connectivity index (χ1n) is 5.51. The van der Waals surface area contributed by atoms with Crippen LogP contribution < -0.4 is 16.8 Å². The molecule has 0 aliphatic rings. The largest absolute Gasteiger partial charge is 0.378 e. The zero-order chi connectivity index (χ0) is 13.0. The minimum atomic E-state index is -0.644. The second-order valence-corrected chi connectivity index (χ2v) is 4.29. The van der Waals surface area contributed by atoms with Gasteiger partial charge in [-0.25, -0.2) is 4.39 Å². The van der Waals surface area contributed by atoms with E-state index in [1.165, 1.54) is 12.1 Å². The molecule has 0 saturated heterocycles. The molecule has 0 aliphatic carbocycles. The van der Waals surface area contributed by atoms with Gasteiger partial charge in [0.2, 0.25) is 5.91 Å². The SMILES string of the molecule is CC(C)C(CN)Nc1ccc(C(N)=O)cc1F. The summed E-state index contributed by atoms with van der Waals surface area (Å²) in [5.74, 6) is -0.856. The number of hydrogen-bond acceptors (Lipinski definition) is 3. The summed E-state index contributed by atoms with van der Waals surface area (Å²) in [5, 5.41) is 3.01. The van der Waals surface area contributed by atoms with Crippen molar-refractivity contribution in [1.82, 2.24) is 0 Å². The van der Waals surface area contributed by atoms with Gasteiger partial charge in [0.1, 0.15) is 5.82 Å². The minimum absolute atomic E-state index is 0.0103. The van der Waals surface area contributed by atoms with Crippen LogP contribution in [0.15, 0.2) is 18.2 Å². The molecule has 0 aliphatic heterocycles. The molecule has 1 atom stereocenters. The predicted molar refractivity (Wildman–Crippen MR) is 66.2 cm³/mol. The molecule has 0 radical (unpaired) electrons. The Hall–Kier alpha value is -1.62. The van der Waals surface area contributed by atoms with Crippen LogP contribution in [0.4, 0.5) is 10.1 Å².